The fourth-order valence-corrected chi connectivity index (χ4v) is 3.23. The first-order valence-corrected chi connectivity index (χ1v) is 9.61. The fourth-order valence-electron chi connectivity index (χ4n) is 3.23. The van der Waals surface area contributed by atoms with Crippen LogP contribution in [0.5, 0.6) is 5.75 Å². The van der Waals surface area contributed by atoms with Crippen LogP contribution in [-0.2, 0) is 9.53 Å². The summed E-state index contributed by atoms with van der Waals surface area (Å²) in [5.74, 6) is 1.11. The number of nitrogen functional groups attached to an aromatic ring is 1. The summed E-state index contributed by atoms with van der Waals surface area (Å²) in [7, 11) is 0. The lowest BCUT2D eigenvalue weighted by atomic mass is 10.0. The van der Waals surface area contributed by atoms with Gasteiger partial charge in [0.05, 0.1) is 13.2 Å². The van der Waals surface area contributed by atoms with E-state index in [1.54, 1.807) is 13.0 Å². The molecule has 0 unspecified atom stereocenters. The lowest BCUT2D eigenvalue weighted by molar-refractivity contribution is -0.143. The Labute approximate surface area is 168 Å². The zero-order chi connectivity index (χ0) is 20.2. The van der Waals surface area contributed by atoms with Gasteiger partial charge in [0.2, 0.25) is 5.89 Å². The summed E-state index contributed by atoms with van der Waals surface area (Å²) < 4.78 is 16.6. The van der Waals surface area contributed by atoms with E-state index < -0.39 is 0 Å². The predicted octanol–water partition coefficient (Wildman–Crippen LogP) is 4.95. The van der Waals surface area contributed by atoms with Gasteiger partial charge >= 0.3 is 5.97 Å². The summed E-state index contributed by atoms with van der Waals surface area (Å²) in [6.45, 7) is 2.66. The van der Waals surface area contributed by atoms with Gasteiger partial charge < -0.3 is 19.6 Å². The van der Waals surface area contributed by atoms with Crippen molar-refractivity contribution in [2.45, 2.75) is 19.8 Å². The number of oxazole rings is 1. The van der Waals surface area contributed by atoms with E-state index in [0.29, 0.717) is 43.2 Å². The summed E-state index contributed by atoms with van der Waals surface area (Å²) in [5, 5.41) is 2.04. The van der Waals surface area contributed by atoms with E-state index in [0.717, 1.165) is 27.6 Å². The Morgan fingerprint density at radius 3 is 2.90 bits per heavy atom. The van der Waals surface area contributed by atoms with Crippen molar-refractivity contribution in [3.8, 4) is 17.2 Å². The zero-order valence-corrected chi connectivity index (χ0v) is 16.2. The molecule has 0 radical (unpaired) electrons. The van der Waals surface area contributed by atoms with Crippen molar-refractivity contribution in [2.75, 3.05) is 18.9 Å². The van der Waals surface area contributed by atoms with Crippen LogP contribution in [0.15, 0.2) is 59.0 Å². The van der Waals surface area contributed by atoms with E-state index >= 15 is 0 Å². The molecule has 4 aromatic rings. The number of anilines is 1. The van der Waals surface area contributed by atoms with E-state index in [2.05, 4.69) is 4.98 Å². The van der Waals surface area contributed by atoms with Crippen LogP contribution in [-0.4, -0.2) is 24.2 Å². The smallest absolute Gasteiger partial charge is 0.305 e. The molecule has 0 atom stereocenters. The van der Waals surface area contributed by atoms with E-state index in [1.807, 2.05) is 48.5 Å². The van der Waals surface area contributed by atoms with Crippen LogP contribution in [0.3, 0.4) is 0 Å². The maximum atomic E-state index is 11.4. The quantitative estimate of drug-likeness (QED) is 0.273. The molecule has 0 bridgehead atoms. The minimum Gasteiger partial charge on any atom is -0.494 e. The van der Waals surface area contributed by atoms with Crippen LogP contribution in [0.1, 0.15) is 19.8 Å². The van der Waals surface area contributed by atoms with Gasteiger partial charge in [-0.2, -0.15) is 0 Å². The number of nitrogens with zero attached hydrogens (tertiary/aromatic N) is 1. The van der Waals surface area contributed by atoms with Gasteiger partial charge in [0.25, 0.3) is 0 Å². The highest BCUT2D eigenvalue weighted by Crippen LogP contribution is 2.32. The molecule has 6 nitrogen and oxygen atoms in total. The van der Waals surface area contributed by atoms with Crippen LogP contribution < -0.4 is 10.5 Å². The number of esters is 1. The molecule has 0 saturated heterocycles. The van der Waals surface area contributed by atoms with Crippen molar-refractivity contribution >= 4 is 33.5 Å². The van der Waals surface area contributed by atoms with E-state index in [1.165, 1.54) is 0 Å². The monoisotopic (exact) mass is 390 g/mol. The second-order valence-electron chi connectivity index (χ2n) is 6.69. The molecule has 1 aromatic heterocycles. The topological polar surface area (TPSA) is 87.6 Å². The molecule has 0 saturated carbocycles. The molecule has 1 heterocycles. The Morgan fingerprint density at radius 1 is 1.14 bits per heavy atom. The van der Waals surface area contributed by atoms with Gasteiger partial charge in [0.1, 0.15) is 11.3 Å². The number of carbonyl (C=O) groups excluding carboxylic acids is 1. The Bertz CT molecular complexity index is 1170. The Balaban J connectivity index is 1.53. The average Bonchev–Trinajstić information content (AvgIpc) is 3.13. The number of nitrogens with two attached hydrogens (primary N) is 1. The largest absolute Gasteiger partial charge is 0.494 e. The molecule has 0 fully saturated rings. The van der Waals surface area contributed by atoms with Gasteiger partial charge in [-0.15, -0.1) is 0 Å². The molecule has 4 rings (SSSR count). The summed E-state index contributed by atoms with van der Waals surface area (Å²) in [4.78, 5) is 16.0. The van der Waals surface area contributed by atoms with Gasteiger partial charge in [-0.1, -0.05) is 12.1 Å². The number of rotatable bonds is 7. The molecule has 6 heteroatoms. The van der Waals surface area contributed by atoms with Crippen molar-refractivity contribution < 1.29 is 18.7 Å². The molecule has 0 spiro atoms. The highest BCUT2D eigenvalue weighted by molar-refractivity contribution is 5.96. The number of ether oxygens (including phenoxy) is 2. The van der Waals surface area contributed by atoms with Crippen molar-refractivity contribution in [1.82, 2.24) is 4.98 Å². The molecule has 3 aromatic carbocycles. The van der Waals surface area contributed by atoms with E-state index in [9.17, 15) is 4.79 Å². The first-order valence-electron chi connectivity index (χ1n) is 9.61. The highest BCUT2D eigenvalue weighted by atomic mass is 16.5. The molecular formula is C23H22N2O4. The van der Waals surface area contributed by atoms with Gasteiger partial charge in [-0.3, -0.25) is 4.79 Å². The van der Waals surface area contributed by atoms with Crippen molar-refractivity contribution in [1.29, 1.82) is 0 Å². The number of aromatic nitrogens is 1. The SMILES string of the molecule is CCOC(=O)CCCOc1ccc2c(-c3nc4ccc(N)cc4o3)cccc2c1. The summed E-state index contributed by atoms with van der Waals surface area (Å²) in [6.07, 6.45) is 0.969. The summed E-state index contributed by atoms with van der Waals surface area (Å²) >= 11 is 0. The molecule has 29 heavy (non-hydrogen) atoms. The second-order valence-corrected chi connectivity index (χ2v) is 6.69. The third kappa shape index (κ3) is 4.16. The predicted molar refractivity (Wildman–Crippen MR) is 113 cm³/mol. The normalized spacial score (nSPS) is 11.1. The molecule has 0 aliphatic carbocycles. The number of benzene rings is 3. The lowest BCUT2D eigenvalue weighted by Gasteiger charge is -2.09. The maximum absolute atomic E-state index is 11.4. The fraction of sp³-hybridized carbons (Fsp3) is 0.217. The van der Waals surface area contributed by atoms with Crippen LogP contribution in [0, 0.1) is 0 Å². The molecule has 0 aliphatic rings. The Morgan fingerprint density at radius 2 is 2.03 bits per heavy atom. The maximum Gasteiger partial charge on any atom is 0.305 e. The van der Waals surface area contributed by atoms with Crippen LogP contribution in [0.25, 0.3) is 33.3 Å². The van der Waals surface area contributed by atoms with Gasteiger partial charge in [-0.25, -0.2) is 4.98 Å². The summed E-state index contributed by atoms with van der Waals surface area (Å²) in [6, 6.07) is 17.3. The van der Waals surface area contributed by atoms with Crippen molar-refractivity contribution in [3.63, 3.8) is 0 Å². The summed E-state index contributed by atoms with van der Waals surface area (Å²) in [5.41, 5.74) is 8.82. The zero-order valence-electron chi connectivity index (χ0n) is 16.2. The van der Waals surface area contributed by atoms with Gasteiger partial charge in [0, 0.05) is 23.7 Å². The average molecular weight is 390 g/mol. The van der Waals surface area contributed by atoms with Gasteiger partial charge in [0.15, 0.2) is 5.58 Å². The van der Waals surface area contributed by atoms with Crippen LogP contribution in [0.4, 0.5) is 5.69 Å². The standard InChI is InChI=1S/C23H22N2O4/c1-2-27-22(26)7-4-12-28-17-9-10-18-15(13-17)5-3-6-19(18)23-25-20-11-8-16(24)14-21(20)29-23/h3,5-6,8-11,13-14H,2,4,7,12,24H2,1H3. The van der Waals surface area contributed by atoms with Crippen molar-refractivity contribution in [3.05, 3.63) is 54.6 Å². The number of hydrogen-bond donors (Lipinski definition) is 1. The third-order valence-corrected chi connectivity index (χ3v) is 4.59. The Hall–Kier alpha value is -3.54. The van der Waals surface area contributed by atoms with Crippen LogP contribution in [0.2, 0.25) is 0 Å². The first-order chi connectivity index (χ1) is 14.1. The van der Waals surface area contributed by atoms with Gasteiger partial charge in [-0.05, 0) is 60.5 Å². The molecule has 2 N–H and O–H groups in total. The van der Waals surface area contributed by atoms with Crippen molar-refractivity contribution in [2.24, 2.45) is 0 Å². The first kappa shape index (κ1) is 18.8. The van der Waals surface area contributed by atoms with Crippen LogP contribution >= 0.6 is 0 Å². The number of fused-ring (bicyclic) bond motifs is 2. The highest BCUT2D eigenvalue weighted by Gasteiger charge is 2.12. The van der Waals surface area contributed by atoms with E-state index in [4.69, 9.17) is 19.6 Å². The molecule has 0 aliphatic heterocycles. The minimum atomic E-state index is -0.195. The third-order valence-electron chi connectivity index (χ3n) is 4.59. The lowest BCUT2D eigenvalue weighted by Crippen LogP contribution is -2.06. The molecule has 148 valence electrons. The molecule has 0 amide bonds. The minimum absolute atomic E-state index is 0.195. The number of hydrogen-bond acceptors (Lipinski definition) is 6. The number of carbonyl (C=O) groups is 1. The Kier molecular flexibility index (Phi) is 5.33. The second kappa shape index (κ2) is 8.22. The molecular weight excluding hydrogens is 368 g/mol. The van der Waals surface area contributed by atoms with E-state index in [-0.39, 0.29) is 5.97 Å².